The lowest BCUT2D eigenvalue weighted by Crippen LogP contribution is -2.49. The van der Waals surface area contributed by atoms with Gasteiger partial charge in [0, 0.05) is 31.4 Å². The van der Waals surface area contributed by atoms with E-state index in [0.717, 1.165) is 38.4 Å². The maximum atomic E-state index is 12.1. The lowest BCUT2D eigenvalue weighted by Gasteiger charge is -2.35. The minimum atomic E-state index is -0.143. The second-order valence-electron chi connectivity index (χ2n) is 6.63. The lowest BCUT2D eigenvalue weighted by atomic mass is 10.0. The smallest absolute Gasteiger partial charge is 0.319 e. The summed E-state index contributed by atoms with van der Waals surface area (Å²) in [6.45, 7) is 10.6. The van der Waals surface area contributed by atoms with Gasteiger partial charge in [0.05, 0.1) is 13.2 Å². The predicted octanol–water partition coefficient (Wildman–Crippen LogP) is 2.86. The second kappa shape index (κ2) is 8.89. The molecule has 1 aliphatic rings. The zero-order valence-electron chi connectivity index (χ0n) is 14.5. The Morgan fingerprint density at radius 3 is 2.48 bits per heavy atom. The number of amides is 2. The van der Waals surface area contributed by atoms with Crippen LogP contribution in [0, 0.1) is 12.8 Å². The Kier molecular flexibility index (Phi) is 6.86. The first-order valence-electron chi connectivity index (χ1n) is 8.48. The van der Waals surface area contributed by atoms with Gasteiger partial charge in [-0.2, -0.15) is 0 Å². The van der Waals surface area contributed by atoms with Crippen LogP contribution in [0.5, 0.6) is 0 Å². The van der Waals surface area contributed by atoms with Crippen LogP contribution in [-0.4, -0.2) is 49.8 Å². The van der Waals surface area contributed by atoms with Gasteiger partial charge < -0.3 is 15.4 Å². The molecule has 1 unspecified atom stereocenters. The molecule has 1 aromatic carbocycles. The Hall–Kier alpha value is -1.59. The molecular formula is C18H29N3O2. The summed E-state index contributed by atoms with van der Waals surface area (Å²) in [6, 6.07) is 8.04. The van der Waals surface area contributed by atoms with E-state index in [4.69, 9.17) is 4.74 Å². The molecule has 0 aromatic heterocycles. The summed E-state index contributed by atoms with van der Waals surface area (Å²) < 4.78 is 5.43. The summed E-state index contributed by atoms with van der Waals surface area (Å²) in [5.74, 6) is 0.602. The molecule has 1 aromatic rings. The zero-order chi connectivity index (χ0) is 16.7. The molecule has 0 radical (unpaired) electrons. The maximum absolute atomic E-state index is 12.1. The second-order valence-corrected chi connectivity index (χ2v) is 6.63. The predicted molar refractivity (Wildman–Crippen MR) is 93.8 cm³/mol. The molecule has 2 N–H and O–H groups in total. The van der Waals surface area contributed by atoms with Crippen molar-refractivity contribution < 1.29 is 9.53 Å². The van der Waals surface area contributed by atoms with Gasteiger partial charge in [0.15, 0.2) is 0 Å². The van der Waals surface area contributed by atoms with Gasteiger partial charge in [-0.1, -0.05) is 31.5 Å². The number of ether oxygens (including phenoxy) is 1. The summed E-state index contributed by atoms with van der Waals surface area (Å²) in [4.78, 5) is 14.5. The standard InChI is InChI=1S/C18H29N3O2/c1-14(2)12-17(21-8-10-23-11-9-21)13-19-18(22)20-16-6-4-15(3)5-7-16/h4-7,14,17H,8-13H2,1-3H3,(H2,19,20,22). The number of rotatable bonds is 6. The molecule has 0 spiro atoms. The Morgan fingerprint density at radius 2 is 1.87 bits per heavy atom. The highest BCUT2D eigenvalue weighted by atomic mass is 16.5. The number of aryl methyl sites for hydroxylation is 1. The van der Waals surface area contributed by atoms with Crippen LogP contribution in [0.2, 0.25) is 0 Å². The number of hydrogen-bond donors (Lipinski definition) is 2. The number of nitrogens with zero attached hydrogens (tertiary/aromatic N) is 1. The van der Waals surface area contributed by atoms with Crippen LogP contribution in [0.1, 0.15) is 25.8 Å². The van der Waals surface area contributed by atoms with Crippen molar-refractivity contribution in [1.82, 2.24) is 10.2 Å². The van der Waals surface area contributed by atoms with Crippen LogP contribution in [0.4, 0.5) is 10.5 Å². The van der Waals surface area contributed by atoms with Crippen LogP contribution >= 0.6 is 0 Å². The van der Waals surface area contributed by atoms with E-state index in [2.05, 4.69) is 29.4 Å². The number of nitrogens with one attached hydrogen (secondary N) is 2. The maximum Gasteiger partial charge on any atom is 0.319 e. The SMILES string of the molecule is Cc1ccc(NC(=O)NCC(CC(C)C)N2CCOCC2)cc1. The van der Waals surface area contributed by atoms with E-state index in [9.17, 15) is 4.79 Å². The van der Waals surface area contributed by atoms with Crippen molar-refractivity contribution in [3.05, 3.63) is 29.8 Å². The quantitative estimate of drug-likeness (QED) is 0.848. The minimum Gasteiger partial charge on any atom is -0.379 e. The van der Waals surface area contributed by atoms with Gasteiger partial charge >= 0.3 is 6.03 Å². The van der Waals surface area contributed by atoms with Crippen molar-refractivity contribution in [2.45, 2.75) is 33.2 Å². The van der Waals surface area contributed by atoms with Crippen molar-refractivity contribution in [3.63, 3.8) is 0 Å². The number of urea groups is 1. The molecule has 0 bridgehead atoms. The molecule has 1 fully saturated rings. The van der Waals surface area contributed by atoms with Gasteiger partial charge in [0.2, 0.25) is 0 Å². The number of anilines is 1. The molecule has 5 nitrogen and oxygen atoms in total. The van der Waals surface area contributed by atoms with Crippen LogP contribution in [0.15, 0.2) is 24.3 Å². The number of carbonyl (C=O) groups is 1. The number of morpholine rings is 1. The van der Waals surface area contributed by atoms with Gasteiger partial charge in [-0.25, -0.2) is 4.79 Å². The van der Waals surface area contributed by atoms with Gasteiger partial charge in [0.1, 0.15) is 0 Å². The van der Waals surface area contributed by atoms with Crippen LogP contribution in [-0.2, 0) is 4.74 Å². The normalized spacial score (nSPS) is 17.0. The molecule has 1 saturated heterocycles. The first kappa shape index (κ1) is 17.8. The molecule has 1 atom stereocenters. The number of benzene rings is 1. The third-order valence-electron chi connectivity index (χ3n) is 4.11. The van der Waals surface area contributed by atoms with E-state index in [0.29, 0.717) is 18.5 Å². The highest BCUT2D eigenvalue weighted by molar-refractivity contribution is 5.89. The fourth-order valence-corrected chi connectivity index (χ4v) is 2.87. The molecule has 5 heteroatoms. The van der Waals surface area contributed by atoms with Crippen molar-refractivity contribution in [2.75, 3.05) is 38.2 Å². The largest absolute Gasteiger partial charge is 0.379 e. The first-order chi connectivity index (χ1) is 11.0. The zero-order valence-corrected chi connectivity index (χ0v) is 14.5. The average molecular weight is 319 g/mol. The molecular weight excluding hydrogens is 290 g/mol. The van der Waals surface area contributed by atoms with Crippen molar-refractivity contribution in [3.8, 4) is 0 Å². The molecule has 128 valence electrons. The van der Waals surface area contributed by atoms with Crippen molar-refractivity contribution >= 4 is 11.7 Å². The third kappa shape index (κ3) is 6.20. The monoisotopic (exact) mass is 319 g/mol. The summed E-state index contributed by atoms with van der Waals surface area (Å²) >= 11 is 0. The van der Waals surface area contributed by atoms with E-state index < -0.39 is 0 Å². The van der Waals surface area contributed by atoms with E-state index in [1.54, 1.807) is 0 Å². The average Bonchev–Trinajstić information content (AvgIpc) is 2.54. The highest BCUT2D eigenvalue weighted by Crippen LogP contribution is 2.13. The van der Waals surface area contributed by atoms with Crippen molar-refractivity contribution in [1.29, 1.82) is 0 Å². The third-order valence-corrected chi connectivity index (χ3v) is 4.11. The molecule has 1 aliphatic heterocycles. The minimum absolute atomic E-state index is 0.143. The summed E-state index contributed by atoms with van der Waals surface area (Å²) in [6.07, 6.45) is 1.07. The highest BCUT2D eigenvalue weighted by Gasteiger charge is 2.22. The Balaban J connectivity index is 1.83. The topological polar surface area (TPSA) is 53.6 Å². The summed E-state index contributed by atoms with van der Waals surface area (Å²) in [5, 5.41) is 5.90. The first-order valence-corrected chi connectivity index (χ1v) is 8.48. The fraction of sp³-hybridized carbons (Fsp3) is 0.611. The molecule has 2 amide bonds. The lowest BCUT2D eigenvalue weighted by molar-refractivity contribution is 0.0130. The van der Waals surface area contributed by atoms with E-state index in [1.165, 1.54) is 5.56 Å². The Bertz CT molecular complexity index is 482. The van der Waals surface area contributed by atoms with Crippen LogP contribution in [0.3, 0.4) is 0 Å². The Morgan fingerprint density at radius 1 is 1.22 bits per heavy atom. The molecule has 2 rings (SSSR count). The van der Waals surface area contributed by atoms with E-state index >= 15 is 0 Å². The molecule has 0 aliphatic carbocycles. The fourth-order valence-electron chi connectivity index (χ4n) is 2.87. The number of hydrogen-bond acceptors (Lipinski definition) is 3. The van der Waals surface area contributed by atoms with Crippen LogP contribution in [0.25, 0.3) is 0 Å². The van der Waals surface area contributed by atoms with Gasteiger partial charge in [-0.15, -0.1) is 0 Å². The summed E-state index contributed by atoms with van der Waals surface area (Å²) in [5.41, 5.74) is 2.00. The number of carbonyl (C=O) groups excluding carboxylic acids is 1. The van der Waals surface area contributed by atoms with Gasteiger partial charge in [-0.3, -0.25) is 4.90 Å². The van der Waals surface area contributed by atoms with Crippen LogP contribution < -0.4 is 10.6 Å². The molecule has 0 saturated carbocycles. The summed E-state index contributed by atoms with van der Waals surface area (Å²) in [7, 11) is 0. The van der Waals surface area contributed by atoms with E-state index in [1.807, 2.05) is 31.2 Å². The molecule has 23 heavy (non-hydrogen) atoms. The van der Waals surface area contributed by atoms with Gasteiger partial charge in [-0.05, 0) is 31.4 Å². The van der Waals surface area contributed by atoms with E-state index in [-0.39, 0.29) is 6.03 Å². The molecule has 1 heterocycles. The van der Waals surface area contributed by atoms with Gasteiger partial charge in [0.25, 0.3) is 0 Å². The van der Waals surface area contributed by atoms with Crippen molar-refractivity contribution in [2.24, 2.45) is 5.92 Å². The Labute approximate surface area is 139 Å².